The monoisotopic (exact) mass is 268 g/mol. The van der Waals surface area contributed by atoms with Gasteiger partial charge in [-0.3, -0.25) is 4.79 Å². The minimum atomic E-state index is -0.211. The smallest absolute Gasteiger partial charge is 0.302 e. The first-order valence-electron chi connectivity index (χ1n) is 6.33. The molecule has 0 spiro atoms. The minimum absolute atomic E-state index is 0. The Kier molecular flexibility index (Phi) is 43.2. The maximum Gasteiger partial charge on any atom is 0.302 e. The van der Waals surface area contributed by atoms with E-state index >= 15 is 0 Å². The Labute approximate surface area is 112 Å². The van der Waals surface area contributed by atoms with Crippen LogP contribution >= 0.6 is 0 Å². The van der Waals surface area contributed by atoms with Crippen molar-refractivity contribution in [1.82, 2.24) is 0 Å². The Morgan fingerprint density at radius 3 is 1.61 bits per heavy atom. The van der Waals surface area contributed by atoms with E-state index in [1.165, 1.54) is 32.6 Å². The third-order valence-corrected chi connectivity index (χ3v) is 1.60. The molecular formula is C13H32O5. The van der Waals surface area contributed by atoms with Gasteiger partial charge in [-0.25, -0.2) is 0 Å². The van der Waals surface area contributed by atoms with Crippen LogP contribution in [0.4, 0.5) is 0 Å². The van der Waals surface area contributed by atoms with Crippen molar-refractivity contribution < 1.29 is 24.9 Å². The lowest BCUT2D eigenvalue weighted by Crippen LogP contribution is -1.95. The SMILES string of the molecule is CCCCCC.CCOC(C)=O.COCCO.O. The predicted octanol–water partition coefficient (Wildman–Crippen LogP) is 1.96. The molecule has 18 heavy (non-hydrogen) atoms. The molecule has 0 saturated carbocycles. The largest absolute Gasteiger partial charge is 0.466 e. The van der Waals surface area contributed by atoms with Crippen LogP contribution in [0.2, 0.25) is 0 Å². The van der Waals surface area contributed by atoms with Gasteiger partial charge in [0.25, 0.3) is 0 Å². The van der Waals surface area contributed by atoms with Crippen LogP contribution < -0.4 is 0 Å². The summed E-state index contributed by atoms with van der Waals surface area (Å²) in [6.45, 7) is 8.68. The summed E-state index contributed by atoms with van der Waals surface area (Å²) in [5, 5.41) is 7.94. The molecule has 0 aromatic carbocycles. The first-order chi connectivity index (χ1) is 8.10. The Balaban J connectivity index is -0.0000000799. The lowest BCUT2D eigenvalue weighted by molar-refractivity contribution is -0.140. The maximum atomic E-state index is 9.82. The average molecular weight is 268 g/mol. The fraction of sp³-hybridized carbons (Fsp3) is 0.923. The summed E-state index contributed by atoms with van der Waals surface area (Å²) in [5.74, 6) is -0.211. The lowest BCUT2D eigenvalue weighted by atomic mass is 10.2. The summed E-state index contributed by atoms with van der Waals surface area (Å²) in [4.78, 5) is 9.82. The summed E-state index contributed by atoms with van der Waals surface area (Å²) < 4.78 is 8.84. The number of unbranched alkanes of at least 4 members (excludes halogenated alkanes) is 3. The van der Waals surface area contributed by atoms with Gasteiger partial charge in [0.1, 0.15) is 0 Å². The van der Waals surface area contributed by atoms with E-state index in [0.717, 1.165) is 0 Å². The lowest BCUT2D eigenvalue weighted by Gasteiger charge is -1.89. The second-order valence-corrected chi connectivity index (χ2v) is 3.35. The molecule has 5 nitrogen and oxygen atoms in total. The van der Waals surface area contributed by atoms with E-state index in [-0.39, 0.29) is 18.1 Å². The minimum Gasteiger partial charge on any atom is -0.466 e. The predicted molar refractivity (Wildman–Crippen MR) is 74.7 cm³/mol. The summed E-state index contributed by atoms with van der Waals surface area (Å²) in [5.41, 5.74) is 0. The van der Waals surface area contributed by atoms with Crippen LogP contribution in [-0.2, 0) is 14.3 Å². The number of ether oxygens (including phenoxy) is 2. The van der Waals surface area contributed by atoms with Crippen molar-refractivity contribution >= 4 is 5.97 Å². The summed E-state index contributed by atoms with van der Waals surface area (Å²) >= 11 is 0. The first-order valence-corrected chi connectivity index (χ1v) is 6.33. The highest BCUT2D eigenvalue weighted by Crippen LogP contribution is 1.95. The molecule has 0 atom stereocenters. The quantitative estimate of drug-likeness (QED) is 0.589. The van der Waals surface area contributed by atoms with E-state index in [0.29, 0.717) is 13.2 Å². The number of methoxy groups -OCH3 is 1. The maximum absolute atomic E-state index is 9.82. The summed E-state index contributed by atoms with van der Waals surface area (Å²) in [6, 6.07) is 0. The van der Waals surface area contributed by atoms with Crippen LogP contribution in [0.3, 0.4) is 0 Å². The van der Waals surface area contributed by atoms with Crippen molar-refractivity contribution in [3.8, 4) is 0 Å². The zero-order chi connectivity index (χ0) is 13.9. The summed E-state index contributed by atoms with van der Waals surface area (Å²) in [7, 11) is 1.55. The average Bonchev–Trinajstić information content (AvgIpc) is 2.29. The van der Waals surface area contributed by atoms with Crippen LogP contribution in [0.1, 0.15) is 53.4 Å². The molecular weight excluding hydrogens is 236 g/mol. The second-order valence-electron chi connectivity index (χ2n) is 3.35. The second kappa shape index (κ2) is 29.9. The molecule has 0 aromatic rings. The fourth-order valence-electron chi connectivity index (χ4n) is 0.795. The Hall–Kier alpha value is -0.650. The van der Waals surface area contributed by atoms with Gasteiger partial charge in [0, 0.05) is 14.0 Å². The first kappa shape index (κ1) is 26.0. The van der Waals surface area contributed by atoms with Gasteiger partial charge in [0.05, 0.1) is 19.8 Å². The number of aliphatic hydroxyl groups excluding tert-OH is 1. The fourth-order valence-corrected chi connectivity index (χ4v) is 0.795. The van der Waals surface area contributed by atoms with Crippen molar-refractivity contribution in [2.45, 2.75) is 53.4 Å². The molecule has 0 amide bonds. The van der Waals surface area contributed by atoms with Crippen molar-refractivity contribution in [3.05, 3.63) is 0 Å². The van der Waals surface area contributed by atoms with Crippen molar-refractivity contribution in [2.24, 2.45) is 0 Å². The Bertz CT molecular complexity index is 123. The molecule has 0 fully saturated rings. The van der Waals surface area contributed by atoms with Gasteiger partial charge in [-0.1, -0.05) is 39.5 Å². The third-order valence-electron chi connectivity index (χ3n) is 1.60. The highest BCUT2D eigenvalue weighted by atomic mass is 16.5. The van der Waals surface area contributed by atoms with Gasteiger partial charge < -0.3 is 20.1 Å². The van der Waals surface area contributed by atoms with Crippen molar-refractivity contribution in [3.63, 3.8) is 0 Å². The molecule has 114 valence electrons. The van der Waals surface area contributed by atoms with E-state index < -0.39 is 0 Å². The number of carbonyl (C=O) groups excluding carboxylic acids is 1. The van der Waals surface area contributed by atoms with Gasteiger partial charge in [-0.15, -0.1) is 0 Å². The Morgan fingerprint density at radius 1 is 1.11 bits per heavy atom. The zero-order valence-electron chi connectivity index (χ0n) is 12.6. The molecule has 0 rings (SSSR count). The number of hydrogen-bond acceptors (Lipinski definition) is 4. The molecule has 0 aromatic heterocycles. The highest BCUT2D eigenvalue weighted by molar-refractivity contribution is 5.65. The molecule has 0 bridgehead atoms. The van der Waals surface area contributed by atoms with Gasteiger partial charge in [0.2, 0.25) is 0 Å². The summed E-state index contributed by atoms with van der Waals surface area (Å²) in [6.07, 6.45) is 5.54. The van der Waals surface area contributed by atoms with Gasteiger partial charge in [0.15, 0.2) is 0 Å². The molecule has 0 saturated heterocycles. The van der Waals surface area contributed by atoms with Gasteiger partial charge in [-0.2, -0.15) is 0 Å². The molecule has 0 aliphatic rings. The van der Waals surface area contributed by atoms with Crippen LogP contribution in [0.5, 0.6) is 0 Å². The van der Waals surface area contributed by atoms with Crippen molar-refractivity contribution in [1.29, 1.82) is 0 Å². The highest BCUT2D eigenvalue weighted by Gasteiger charge is 1.81. The van der Waals surface area contributed by atoms with E-state index in [1.807, 2.05) is 0 Å². The number of carbonyl (C=O) groups is 1. The molecule has 0 radical (unpaired) electrons. The molecule has 3 N–H and O–H groups in total. The molecule has 0 unspecified atom stereocenters. The number of rotatable bonds is 6. The molecule has 0 aliphatic carbocycles. The number of esters is 1. The van der Waals surface area contributed by atoms with Crippen LogP contribution in [0, 0.1) is 0 Å². The number of aliphatic hydroxyl groups is 1. The van der Waals surface area contributed by atoms with Gasteiger partial charge in [-0.05, 0) is 6.92 Å². The van der Waals surface area contributed by atoms with Crippen LogP contribution in [0.25, 0.3) is 0 Å². The van der Waals surface area contributed by atoms with Gasteiger partial charge >= 0.3 is 5.97 Å². The van der Waals surface area contributed by atoms with E-state index in [1.54, 1.807) is 14.0 Å². The van der Waals surface area contributed by atoms with Crippen LogP contribution in [0.15, 0.2) is 0 Å². The Morgan fingerprint density at radius 2 is 1.56 bits per heavy atom. The molecule has 0 aliphatic heterocycles. The van der Waals surface area contributed by atoms with E-state index in [2.05, 4.69) is 23.3 Å². The molecule has 5 heteroatoms. The normalized spacial score (nSPS) is 7.89. The van der Waals surface area contributed by atoms with E-state index in [4.69, 9.17) is 5.11 Å². The topological polar surface area (TPSA) is 87.3 Å². The molecule has 0 heterocycles. The van der Waals surface area contributed by atoms with E-state index in [9.17, 15) is 4.79 Å². The van der Waals surface area contributed by atoms with Crippen LogP contribution in [-0.4, -0.2) is 43.5 Å². The standard InChI is InChI=1S/C6H14.C4H8O2.C3H8O2.H2O/c1-3-5-6-4-2;1-3-6-4(2)5;1-5-3-2-4;/h3-6H2,1-2H3;3H2,1-2H3;4H,2-3H2,1H3;1H2. The number of hydrogen-bond donors (Lipinski definition) is 1. The third kappa shape index (κ3) is 58.5. The zero-order valence-corrected chi connectivity index (χ0v) is 12.6. The van der Waals surface area contributed by atoms with Crippen molar-refractivity contribution in [2.75, 3.05) is 26.9 Å².